The lowest BCUT2D eigenvalue weighted by molar-refractivity contribution is 0.104. The van der Waals surface area contributed by atoms with Gasteiger partial charge in [-0.15, -0.1) is 0 Å². The predicted molar refractivity (Wildman–Crippen MR) is 75.5 cm³/mol. The maximum Gasteiger partial charge on any atom is 0.194 e. The van der Waals surface area contributed by atoms with Crippen LogP contribution in [-0.4, -0.2) is 5.78 Å². The Hall–Kier alpha value is -2.41. The van der Waals surface area contributed by atoms with E-state index in [2.05, 4.69) is 13.2 Å². The van der Waals surface area contributed by atoms with E-state index in [0.29, 0.717) is 0 Å². The Morgan fingerprint density at radius 2 is 1.17 bits per heavy atom. The number of carbonyl (C=O) groups is 1. The average Bonchev–Trinajstić information content (AvgIpc) is 2.71. The normalized spacial score (nSPS) is 11.9. The molecular formula is C17H12O. The van der Waals surface area contributed by atoms with Crippen LogP contribution in [0, 0.1) is 0 Å². The van der Waals surface area contributed by atoms with Crippen molar-refractivity contribution in [2.24, 2.45) is 0 Å². The maximum atomic E-state index is 12.2. The van der Waals surface area contributed by atoms with Gasteiger partial charge in [-0.3, -0.25) is 4.79 Å². The molecule has 1 aliphatic rings. The largest absolute Gasteiger partial charge is 0.289 e. The third-order valence-electron chi connectivity index (χ3n) is 3.34. The first-order valence-corrected chi connectivity index (χ1v) is 5.82. The van der Waals surface area contributed by atoms with Crippen LogP contribution in [-0.2, 0) is 0 Å². The number of rotatable bonds is 2. The fourth-order valence-corrected chi connectivity index (χ4v) is 2.36. The number of fused-ring (bicyclic) bond motifs is 3. The molecule has 1 heteroatoms. The second-order valence-corrected chi connectivity index (χ2v) is 4.35. The zero-order chi connectivity index (χ0) is 12.7. The van der Waals surface area contributed by atoms with Crippen molar-refractivity contribution < 1.29 is 4.79 Å². The van der Waals surface area contributed by atoms with Crippen molar-refractivity contribution in [2.45, 2.75) is 0 Å². The van der Waals surface area contributed by atoms with Gasteiger partial charge in [-0.25, -0.2) is 0 Å². The molecule has 0 unspecified atom stereocenters. The SMILES string of the molecule is C=Cc1ccc2c(c1)-c1cc(C=C)ccc1C2=O. The molecule has 0 amide bonds. The first-order chi connectivity index (χ1) is 8.74. The van der Waals surface area contributed by atoms with Gasteiger partial charge in [0.05, 0.1) is 0 Å². The lowest BCUT2D eigenvalue weighted by Gasteiger charge is -2.02. The summed E-state index contributed by atoms with van der Waals surface area (Å²) in [6.45, 7) is 7.53. The van der Waals surface area contributed by atoms with Gasteiger partial charge in [0, 0.05) is 11.1 Å². The van der Waals surface area contributed by atoms with Crippen LogP contribution in [0.4, 0.5) is 0 Å². The molecule has 2 aromatic carbocycles. The van der Waals surface area contributed by atoms with Crippen molar-refractivity contribution in [3.63, 3.8) is 0 Å². The van der Waals surface area contributed by atoms with Gasteiger partial charge in [0.15, 0.2) is 5.78 Å². The first kappa shape index (κ1) is 10.7. The van der Waals surface area contributed by atoms with Crippen LogP contribution in [0.2, 0.25) is 0 Å². The second-order valence-electron chi connectivity index (χ2n) is 4.35. The van der Waals surface area contributed by atoms with Gasteiger partial charge in [0.2, 0.25) is 0 Å². The highest BCUT2D eigenvalue weighted by Gasteiger charge is 2.26. The first-order valence-electron chi connectivity index (χ1n) is 5.82. The van der Waals surface area contributed by atoms with E-state index in [4.69, 9.17) is 0 Å². The molecule has 3 rings (SSSR count). The molecule has 0 aliphatic heterocycles. The van der Waals surface area contributed by atoms with E-state index >= 15 is 0 Å². The summed E-state index contributed by atoms with van der Waals surface area (Å²) < 4.78 is 0. The summed E-state index contributed by atoms with van der Waals surface area (Å²) in [4.78, 5) is 12.2. The minimum Gasteiger partial charge on any atom is -0.289 e. The third kappa shape index (κ3) is 1.37. The lowest BCUT2D eigenvalue weighted by atomic mass is 10.0. The summed E-state index contributed by atoms with van der Waals surface area (Å²) >= 11 is 0. The van der Waals surface area contributed by atoms with E-state index in [1.807, 2.05) is 36.4 Å². The van der Waals surface area contributed by atoms with Gasteiger partial charge in [-0.1, -0.05) is 37.4 Å². The molecule has 1 nitrogen and oxygen atoms in total. The smallest absolute Gasteiger partial charge is 0.194 e. The molecule has 0 fully saturated rings. The van der Waals surface area contributed by atoms with Crippen LogP contribution in [0.5, 0.6) is 0 Å². The number of hydrogen-bond donors (Lipinski definition) is 0. The Morgan fingerprint density at radius 1 is 0.722 bits per heavy atom. The van der Waals surface area contributed by atoms with E-state index in [0.717, 1.165) is 33.4 Å². The van der Waals surface area contributed by atoms with E-state index in [9.17, 15) is 4.79 Å². The van der Waals surface area contributed by atoms with Gasteiger partial charge < -0.3 is 0 Å². The van der Waals surface area contributed by atoms with E-state index < -0.39 is 0 Å². The number of hydrogen-bond acceptors (Lipinski definition) is 1. The van der Waals surface area contributed by atoms with Gasteiger partial charge in [-0.2, -0.15) is 0 Å². The Balaban J connectivity index is 2.32. The molecule has 0 radical (unpaired) electrons. The monoisotopic (exact) mass is 232 g/mol. The molecule has 0 saturated carbocycles. The van der Waals surface area contributed by atoms with Gasteiger partial charge in [-0.05, 0) is 46.5 Å². The van der Waals surface area contributed by atoms with Gasteiger partial charge in [0.1, 0.15) is 0 Å². The highest BCUT2D eigenvalue weighted by Crippen LogP contribution is 2.37. The fourth-order valence-electron chi connectivity index (χ4n) is 2.36. The average molecular weight is 232 g/mol. The van der Waals surface area contributed by atoms with Crippen LogP contribution in [0.15, 0.2) is 49.6 Å². The Kier molecular flexibility index (Phi) is 2.27. The standard InChI is InChI=1S/C17H12O/c1-3-11-5-7-13-15(9-11)16-10-12(4-2)6-8-14(16)17(13)18/h3-10H,1-2H2. The molecule has 1 aliphatic carbocycles. The van der Waals surface area contributed by atoms with Crippen LogP contribution in [0.1, 0.15) is 27.0 Å². The van der Waals surface area contributed by atoms with Crippen LogP contribution < -0.4 is 0 Å². The van der Waals surface area contributed by atoms with Gasteiger partial charge >= 0.3 is 0 Å². The van der Waals surface area contributed by atoms with Crippen molar-refractivity contribution in [3.05, 3.63) is 71.8 Å². The zero-order valence-corrected chi connectivity index (χ0v) is 9.94. The summed E-state index contributed by atoms with van der Waals surface area (Å²) in [7, 11) is 0. The summed E-state index contributed by atoms with van der Waals surface area (Å²) in [5.41, 5.74) is 5.60. The molecule has 0 heterocycles. The third-order valence-corrected chi connectivity index (χ3v) is 3.34. The Bertz CT molecular complexity index is 633. The van der Waals surface area contributed by atoms with E-state index in [1.54, 1.807) is 12.2 Å². The van der Waals surface area contributed by atoms with Crippen molar-refractivity contribution in [1.29, 1.82) is 0 Å². The van der Waals surface area contributed by atoms with E-state index in [1.165, 1.54) is 0 Å². The zero-order valence-electron chi connectivity index (χ0n) is 9.94. The van der Waals surface area contributed by atoms with Crippen LogP contribution >= 0.6 is 0 Å². The summed E-state index contributed by atoms with van der Waals surface area (Å²) in [5, 5.41) is 0. The molecule has 18 heavy (non-hydrogen) atoms. The molecule has 0 aromatic heterocycles. The molecule has 0 atom stereocenters. The minimum absolute atomic E-state index is 0.103. The predicted octanol–water partition coefficient (Wildman–Crippen LogP) is 4.18. The lowest BCUT2D eigenvalue weighted by Crippen LogP contribution is -1.94. The molecule has 0 bridgehead atoms. The molecule has 0 N–H and O–H groups in total. The molecule has 0 saturated heterocycles. The Morgan fingerprint density at radius 3 is 1.56 bits per heavy atom. The summed E-state index contributed by atoms with van der Waals surface area (Å²) in [6, 6.07) is 11.6. The highest BCUT2D eigenvalue weighted by atomic mass is 16.1. The quantitative estimate of drug-likeness (QED) is 0.647. The van der Waals surface area contributed by atoms with Crippen molar-refractivity contribution >= 4 is 17.9 Å². The molecular weight excluding hydrogens is 220 g/mol. The summed E-state index contributed by atoms with van der Waals surface area (Å²) in [6.07, 6.45) is 3.58. The second kappa shape index (κ2) is 3.81. The number of benzene rings is 2. The fraction of sp³-hybridized carbons (Fsp3) is 0. The maximum absolute atomic E-state index is 12.2. The number of carbonyl (C=O) groups excluding carboxylic acids is 1. The van der Waals surface area contributed by atoms with Crippen LogP contribution in [0.3, 0.4) is 0 Å². The van der Waals surface area contributed by atoms with Crippen molar-refractivity contribution in [1.82, 2.24) is 0 Å². The topological polar surface area (TPSA) is 17.1 Å². The summed E-state index contributed by atoms with van der Waals surface area (Å²) in [5.74, 6) is 0.103. The molecule has 2 aromatic rings. The van der Waals surface area contributed by atoms with E-state index in [-0.39, 0.29) is 5.78 Å². The Labute approximate surface area is 106 Å². The number of ketones is 1. The minimum atomic E-state index is 0.103. The van der Waals surface area contributed by atoms with Crippen molar-refractivity contribution in [3.8, 4) is 11.1 Å². The van der Waals surface area contributed by atoms with Crippen LogP contribution in [0.25, 0.3) is 23.3 Å². The molecule has 0 spiro atoms. The van der Waals surface area contributed by atoms with Crippen molar-refractivity contribution in [2.75, 3.05) is 0 Å². The van der Waals surface area contributed by atoms with Gasteiger partial charge in [0.25, 0.3) is 0 Å². The molecule has 86 valence electrons. The highest BCUT2D eigenvalue weighted by molar-refractivity contribution is 6.22.